The van der Waals surface area contributed by atoms with Crippen molar-refractivity contribution < 1.29 is 14.5 Å². The lowest BCUT2D eigenvalue weighted by molar-refractivity contribution is -0.384. The largest absolute Gasteiger partial charge is 0.380 e. The maximum Gasteiger partial charge on any atom is 0.270 e. The lowest BCUT2D eigenvalue weighted by Gasteiger charge is -2.12. The second kappa shape index (κ2) is 9.59. The van der Waals surface area contributed by atoms with Gasteiger partial charge in [0.25, 0.3) is 17.2 Å². The quantitative estimate of drug-likeness (QED) is 0.414. The van der Waals surface area contributed by atoms with Gasteiger partial charge < -0.3 is 9.30 Å². The minimum absolute atomic E-state index is 0.0975. The summed E-state index contributed by atoms with van der Waals surface area (Å²) in [5.41, 5.74) is 2.49. The highest BCUT2D eigenvalue weighted by Gasteiger charge is 2.15. The van der Waals surface area contributed by atoms with Crippen LogP contribution in [0.1, 0.15) is 22.4 Å². The van der Waals surface area contributed by atoms with Gasteiger partial charge in [0.15, 0.2) is 0 Å². The van der Waals surface area contributed by atoms with Crippen molar-refractivity contribution in [3.05, 3.63) is 72.1 Å². The van der Waals surface area contributed by atoms with Crippen LogP contribution in [-0.4, -0.2) is 28.7 Å². The van der Waals surface area contributed by atoms with Crippen molar-refractivity contribution >= 4 is 29.4 Å². The molecule has 0 saturated carbocycles. The van der Waals surface area contributed by atoms with Gasteiger partial charge in [0.05, 0.1) is 17.7 Å². The molecule has 11 heteroatoms. The zero-order chi connectivity index (χ0) is 21.6. The third kappa shape index (κ3) is 5.25. The fourth-order valence-electron chi connectivity index (χ4n) is 2.52. The van der Waals surface area contributed by atoms with Crippen molar-refractivity contribution in [1.29, 1.82) is 5.26 Å². The zero-order valence-electron chi connectivity index (χ0n) is 15.5. The maximum atomic E-state index is 12.5. The number of aromatic nitrogens is 1. The Labute approximate surface area is 170 Å². The van der Waals surface area contributed by atoms with Gasteiger partial charge in [-0.15, -0.1) is 0 Å². The zero-order valence-corrected chi connectivity index (χ0v) is 16.3. The molecule has 0 unspecified atom stereocenters. The smallest absolute Gasteiger partial charge is 0.270 e. The van der Waals surface area contributed by atoms with Crippen LogP contribution in [0.3, 0.4) is 0 Å². The number of hydrogen-bond donors (Lipinski definition) is 1. The van der Waals surface area contributed by atoms with Gasteiger partial charge in [-0.25, -0.2) is 5.43 Å². The number of halogens is 1. The van der Waals surface area contributed by atoms with Crippen LogP contribution < -0.4 is 11.0 Å². The van der Waals surface area contributed by atoms with Gasteiger partial charge >= 0.3 is 0 Å². The molecule has 0 bridgehead atoms. The molecule has 0 aliphatic rings. The van der Waals surface area contributed by atoms with Crippen LogP contribution in [0.5, 0.6) is 0 Å². The van der Waals surface area contributed by atoms with Crippen LogP contribution >= 0.6 is 11.6 Å². The third-order valence-corrected chi connectivity index (χ3v) is 4.23. The molecule has 1 N–H and O–H groups in total. The minimum Gasteiger partial charge on any atom is -0.380 e. The number of pyridine rings is 1. The molecule has 0 aliphatic heterocycles. The van der Waals surface area contributed by atoms with Crippen molar-refractivity contribution in [1.82, 2.24) is 9.99 Å². The van der Waals surface area contributed by atoms with Gasteiger partial charge in [-0.1, -0.05) is 11.6 Å². The highest BCUT2D eigenvalue weighted by molar-refractivity contribution is 6.33. The summed E-state index contributed by atoms with van der Waals surface area (Å²) in [4.78, 5) is 34.9. The van der Waals surface area contributed by atoms with Gasteiger partial charge in [-0.05, 0) is 19.1 Å². The lowest BCUT2D eigenvalue weighted by Crippen LogP contribution is -2.33. The SMILES string of the molecule is COCc1cc(C)n(CC(=O)NN=Cc2cc([N+](=O)[O-])ccc2Cl)c(=O)c1C#N. The molecule has 2 aromatic rings. The molecule has 0 fully saturated rings. The molecule has 0 saturated heterocycles. The summed E-state index contributed by atoms with van der Waals surface area (Å²) in [5.74, 6) is -0.628. The van der Waals surface area contributed by atoms with E-state index in [0.717, 1.165) is 10.8 Å². The Balaban J connectivity index is 2.17. The van der Waals surface area contributed by atoms with Gasteiger partial charge in [-0.3, -0.25) is 19.7 Å². The Hall–Kier alpha value is -3.55. The number of ether oxygens (including phenoxy) is 1. The van der Waals surface area contributed by atoms with Crippen LogP contribution in [0.15, 0.2) is 34.2 Å². The number of nitro groups is 1. The van der Waals surface area contributed by atoms with E-state index in [2.05, 4.69) is 10.5 Å². The number of nitro benzene ring substituents is 1. The maximum absolute atomic E-state index is 12.5. The Morgan fingerprint density at radius 2 is 2.21 bits per heavy atom. The number of carbonyl (C=O) groups excluding carboxylic acids is 1. The van der Waals surface area contributed by atoms with Crippen LogP contribution in [0.25, 0.3) is 0 Å². The standard InChI is InChI=1S/C18H16ClN5O5/c1-11-5-13(10-29-2)15(7-20)18(26)23(11)9-17(25)22-21-8-12-6-14(24(27)28)3-4-16(12)19/h3-6,8H,9-10H2,1-2H3,(H,22,25). The normalized spacial score (nSPS) is 10.7. The number of nitrogens with one attached hydrogen (secondary N) is 1. The number of amides is 1. The van der Waals surface area contributed by atoms with Gasteiger partial charge in [0, 0.05) is 41.1 Å². The number of nitrogens with zero attached hydrogens (tertiary/aromatic N) is 4. The van der Waals surface area contributed by atoms with Crippen molar-refractivity contribution in [2.24, 2.45) is 5.10 Å². The first-order valence-corrected chi connectivity index (χ1v) is 8.54. The first-order chi connectivity index (χ1) is 13.8. The van der Waals surface area contributed by atoms with E-state index >= 15 is 0 Å². The predicted octanol–water partition coefficient (Wildman–Crippen LogP) is 1.89. The molecular weight excluding hydrogens is 402 g/mol. The van der Waals surface area contributed by atoms with Crippen LogP contribution in [-0.2, 0) is 22.7 Å². The Kier molecular flexibility index (Phi) is 7.19. The molecule has 0 radical (unpaired) electrons. The predicted molar refractivity (Wildman–Crippen MR) is 105 cm³/mol. The molecular formula is C18H16ClN5O5. The first kappa shape index (κ1) is 21.7. The molecule has 1 aromatic carbocycles. The number of carbonyl (C=O) groups is 1. The number of methoxy groups -OCH3 is 1. The Morgan fingerprint density at radius 1 is 1.48 bits per heavy atom. The number of nitriles is 1. The van der Waals surface area contributed by atoms with E-state index in [9.17, 15) is 25.0 Å². The van der Waals surface area contributed by atoms with E-state index in [1.807, 2.05) is 6.07 Å². The number of benzene rings is 1. The molecule has 1 amide bonds. The molecule has 2 rings (SSSR count). The van der Waals surface area contributed by atoms with Gasteiger partial charge in [0.1, 0.15) is 18.2 Å². The summed E-state index contributed by atoms with van der Waals surface area (Å²) < 4.78 is 6.12. The van der Waals surface area contributed by atoms with Gasteiger partial charge in [-0.2, -0.15) is 10.4 Å². The summed E-state index contributed by atoms with van der Waals surface area (Å²) in [6.07, 6.45) is 1.16. The minimum atomic E-state index is -0.628. The fourth-order valence-corrected chi connectivity index (χ4v) is 2.68. The van der Waals surface area contributed by atoms with E-state index in [4.69, 9.17) is 16.3 Å². The summed E-state index contributed by atoms with van der Waals surface area (Å²) >= 11 is 5.95. The highest BCUT2D eigenvalue weighted by atomic mass is 35.5. The molecule has 0 spiro atoms. The van der Waals surface area contributed by atoms with Crippen molar-refractivity contribution in [2.75, 3.05) is 7.11 Å². The molecule has 1 heterocycles. The summed E-state index contributed by atoms with van der Waals surface area (Å²) in [6, 6.07) is 7.23. The number of rotatable bonds is 7. The molecule has 0 atom stereocenters. The monoisotopic (exact) mass is 417 g/mol. The van der Waals surface area contributed by atoms with E-state index in [-0.39, 0.29) is 35.0 Å². The summed E-state index contributed by atoms with van der Waals surface area (Å²) in [7, 11) is 1.45. The van der Waals surface area contributed by atoms with Crippen molar-refractivity contribution in [2.45, 2.75) is 20.1 Å². The number of hydrazone groups is 1. The molecule has 0 aliphatic carbocycles. The average Bonchev–Trinajstić information content (AvgIpc) is 2.67. The molecule has 1 aromatic heterocycles. The van der Waals surface area contributed by atoms with E-state index in [1.165, 1.54) is 25.3 Å². The second-order valence-electron chi connectivity index (χ2n) is 5.88. The van der Waals surface area contributed by atoms with E-state index in [0.29, 0.717) is 11.3 Å². The van der Waals surface area contributed by atoms with Crippen LogP contribution in [0.4, 0.5) is 5.69 Å². The highest BCUT2D eigenvalue weighted by Crippen LogP contribution is 2.20. The molecule has 10 nitrogen and oxygen atoms in total. The molecule has 29 heavy (non-hydrogen) atoms. The lowest BCUT2D eigenvalue weighted by atomic mass is 10.1. The Morgan fingerprint density at radius 3 is 2.83 bits per heavy atom. The topological polar surface area (TPSA) is 140 Å². The summed E-state index contributed by atoms with van der Waals surface area (Å²) in [5, 5.41) is 24.0. The fraction of sp³-hybridized carbons (Fsp3) is 0.222. The van der Waals surface area contributed by atoms with E-state index < -0.39 is 16.4 Å². The average molecular weight is 418 g/mol. The van der Waals surface area contributed by atoms with E-state index in [1.54, 1.807) is 13.0 Å². The van der Waals surface area contributed by atoms with Crippen molar-refractivity contribution in [3.8, 4) is 6.07 Å². The van der Waals surface area contributed by atoms with Crippen LogP contribution in [0.2, 0.25) is 5.02 Å². The van der Waals surface area contributed by atoms with Crippen LogP contribution in [0, 0.1) is 28.4 Å². The third-order valence-electron chi connectivity index (χ3n) is 3.89. The molecule has 150 valence electrons. The number of non-ortho nitro benzene ring substituents is 1. The first-order valence-electron chi connectivity index (χ1n) is 8.16. The van der Waals surface area contributed by atoms with Gasteiger partial charge in [0.2, 0.25) is 0 Å². The summed E-state index contributed by atoms with van der Waals surface area (Å²) in [6.45, 7) is 1.36. The second-order valence-corrected chi connectivity index (χ2v) is 6.29. The van der Waals surface area contributed by atoms with Crippen molar-refractivity contribution in [3.63, 3.8) is 0 Å². The Bertz CT molecular complexity index is 1090. The number of aryl methyl sites for hydroxylation is 1. The number of hydrogen-bond acceptors (Lipinski definition) is 7.